The van der Waals surface area contributed by atoms with Crippen molar-refractivity contribution in [3.8, 4) is 5.75 Å². The number of aryl methyl sites for hydroxylation is 1. The molecule has 0 aliphatic carbocycles. The summed E-state index contributed by atoms with van der Waals surface area (Å²) in [7, 11) is 0. The van der Waals surface area contributed by atoms with Crippen LogP contribution in [-0.4, -0.2) is 59.8 Å². The Morgan fingerprint density at radius 1 is 1.38 bits per heavy atom. The molecule has 0 aromatic heterocycles. The Kier molecular flexibility index (Phi) is 7.34. The molecule has 0 bridgehead atoms. The number of hydrogen-bond acceptors (Lipinski definition) is 5. The first-order valence-corrected chi connectivity index (χ1v) is 10.6. The van der Waals surface area contributed by atoms with Crippen molar-refractivity contribution in [3.05, 3.63) is 46.6 Å². The van der Waals surface area contributed by atoms with Crippen molar-refractivity contribution in [2.24, 2.45) is 0 Å². The van der Waals surface area contributed by atoms with Crippen LogP contribution in [0.1, 0.15) is 49.0 Å². The van der Waals surface area contributed by atoms with Gasteiger partial charge in [-0.25, -0.2) is 0 Å². The zero-order chi connectivity index (χ0) is 20.8. The molecule has 1 amide bonds. The standard InChI is InChI=1S/C23H33N3O3/c1-3-4-6-17-10-12-26(14-16(17)2)15-19(27)13-25-23(29)20-9-8-18-7-5-11-24-21(18)22(20)28/h4,6,8-9,19,24,27-28H,3,5,7,10-15H2,1-2H3,(H,25,29)/b6-4-/t19-/m0/s1. The number of hydrogen-bond donors (Lipinski definition) is 4. The van der Waals surface area contributed by atoms with Crippen molar-refractivity contribution in [2.45, 2.75) is 45.6 Å². The number of aliphatic hydroxyl groups is 1. The monoisotopic (exact) mass is 399 g/mol. The van der Waals surface area contributed by atoms with E-state index in [9.17, 15) is 15.0 Å². The first-order valence-electron chi connectivity index (χ1n) is 10.6. The van der Waals surface area contributed by atoms with E-state index in [1.54, 1.807) is 6.07 Å². The van der Waals surface area contributed by atoms with Crippen LogP contribution in [0, 0.1) is 0 Å². The van der Waals surface area contributed by atoms with Crippen molar-refractivity contribution in [3.63, 3.8) is 0 Å². The van der Waals surface area contributed by atoms with Gasteiger partial charge in [0.2, 0.25) is 0 Å². The molecular formula is C23H33N3O3. The largest absolute Gasteiger partial charge is 0.505 e. The molecule has 2 heterocycles. The van der Waals surface area contributed by atoms with Gasteiger partial charge in [0.25, 0.3) is 5.91 Å². The third-order valence-corrected chi connectivity index (χ3v) is 5.66. The number of aliphatic hydroxyl groups excluding tert-OH is 1. The second kappa shape index (κ2) is 9.94. The van der Waals surface area contributed by atoms with Crippen molar-refractivity contribution >= 4 is 11.6 Å². The Morgan fingerprint density at radius 2 is 2.21 bits per heavy atom. The fourth-order valence-corrected chi connectivity index (χ4v) is 4.03. The van der Waals surface area contributed by atoms with Gasteiger partial charge in [0.05, 0.1) is 17.4 Å². The average Bonchev–Trinajstić information content (AvgIpc) is 2.72. The summed E-state index contributed by atoms with van der Waals surface area (Å²) in [4.78, 5) is 14.7. The predicted octanol–water partition coefficient (Wildman–Crippen LogP) is 2.83. The van der Waals surface area contributed by atoms with Crippen LogP contribution >= 0.6 is 0 Å². The number of carbonyl (C=O) groups excluding carboxylic acids is 1. The van der Waals surface area contributed by atoms with Crippen molar-refractivity contribution < 1.29 is 15.0 Å². The minimum Gasteiger partial charge on any atom is -0.505 e. The van der Waals surface area contributed by atoms with Gasteiger partial charge < -0.3 is 20.8 Å². The van der Waals surface area contributed by atoms with Gasteiger partial charge in [0.15, 0.2) is 5.75 Å². The molecule has 3 rings (SSSR count). The van der Waals surface area contributed by atoms with E-state index >= 15 is 0 Å². The summed E-state index contributed by atoms with van der Waals surface area (Å²) in [6.07, 6.45) is 7.68. The van der Waals surface area contributed by atoms with Gasteiger partial charge in [-0.3, -0.25) is 9.69 Å². The summed E-state index contributed by atoms with van der Waals surface area (Å²) in [5, 5.41) is 26.8. The Bertz CT molecular complexity index is 801. The number of allylic oxidation sites excluding steroid dienone is 2. The number of fused-ring (bicyclic) bond motifs is 1. The van der Waals surface area contributed by atoms with Crippen molar-refractivity contribution in [2.75, 3.05) is 38.0 Å². The molecule has 1 atom stereocenters. The maximum Gasteiger partial charge on any atom is 0.255 e. The zero-order valence-corrected chi connectivity index (χ0v) is 17.5. The summed E-state index contributed by atoms with van der Waals surface area (Å²) in [5.74, 6) is -0.364. The molecule has 0 saturated carbocycles. The van der Waals surface area contributed by atoms with Crippen molar-refractivity contribution in [1.82, 2.24) is 10.2 Å². The summed E-state index contributed by atoms with van der Waals surface area (Å²) in [6, 6.07) is 3.55. The Labute approximate surface area is 173 Å². The van der Waals surface area contributed by atoms with Crippen LogP contribution < -0.4 is 10.6 Å². The minimum absolute atomic E-state index is 0.00125. The number of phenols is 1. The van der Waals surface area contributed by atoms with E-state index in [2.05, 4.69) is 41.5 Å². The normalized spacial score (nSPS) is 18.4. The summed E-state index contributed by atoms with van der Waals surface area (Å²) >= 11 is 0. The van der Waals surface area contributed by atoms with Crippen LogP contribution in [0.5, 0.6) is 5.75 Å². The van der Waals surface area contributed by atoms with E-state index in [0.29, 0.717) is 12.2 Å². The van der Waals surface area contributed by atoms with Crippen LogP contribution in [-0.2, 0) is 6.42 Å². The maximum absolute atomic E-state index is 12.5. The third kappa shape index (κ3) is 5.40. The number of aromatic hydroxyl groups is 1. The molecule has 29 heavy (non-hydrogen) atoms. The molecule has 158 valence electrons. The van der Waals surface area contributed by atoms with E-state index in [0.717, 1.165) is 50.9 Å². The predicted molar refractivity (Wildman–Crippen MR) is 116 cm³/mol. The van der Waals surface area contributed by atoms with E-state index in [1.807, 2.05) is 6.07 Å². The third-order valence-electron chi connectivity index (χ3n) is 5.66. The highest BCUT2D eigenvalue weighted by atomic mass is 16.3. The molecule has 0 saturated heterocycles. The molecule has 2 aliphatic heterocycles. The van der Waals surface area contributed by atoms with E-state index < -0.39 is 6.10 Å². The zero-order valence-electron chi connectivity index (χ0n) is 17.5. The van der Waals surface area contributed by atoms with Crippen LogP contribution in [0.4, 0.5) is 5.69 Å². The SMILES string of the molecule is CC/C=C\C1=C(C)CN(C[C@@H](O)CNC(=O)c2ccc3c(c2O)NCCC3)CC1. The quantitative estimate of drug-likeness (QED) is 0.530. The lowest BCUT2D eigenvalue weighted by Gasteiger charge is -2.30. The molecule has 1 aromatic carbocycles. The highest BCUT2D eigenvalue weighted by Gasteiger charge is 2.21. The Morgan fingerprint density at radius 3 is 2.97 bits per heavy atom. The second-order valence-corrected chi connectivity index (χ2v) is 7.99. The molecular weight excluding hydrogens is 366 g/mol. The van der Waals surface area contributed by atoms with Gasteiger partial charge >= 0.3 is 0 Å². The average molecular weight is 400 g/mol. The van der Waals surface area contributed by atoms with E-state index in [-0.39, 0.29) is 23.8 Å². The smallest absolute Gasteiger partial charge is 0.255 e. The topological polar surface area (TPSA) is 84.8 Å². The molecule has 0 radical (unpaired) electrons. The molecule has 0 spiro atoms. The number of β-amino-alcohol motifs (C(OH)–C–C–N with tert-alkyl or cyclic N) is 1. The lowest BCUT2D eigenvalue weighted by atomic mass is 9.99. The van der Waals surface area contributed by atoms with Gasteiger partial charge in [-0.2, -0.15) is 0 Å². The number of nitrogens with one attached hydrogen (secondary N) is 2. The number of benzene rings is 1. The number of nitrogens with zero attached hydrogens (tertiary/aromatic N) is 1. The molecule has 0 unspecified atom stereocenters. The summed E-state index contributed by atoms with van der Waals surface area (Å²) < 4.78 is 0. The number of amides is 1. The molecule has 6 heteroatoms. The van der Waals surface area contributed by atoms with Gasteiger partial charge in [0, 0.05) is 32.7 Å². The first-order chi connectivity index (χ1) is 14.0. The number of rotatable bonds is 7. The lowest BCUT2D eigenvalue weighted by Crippen LogP contribution is -2.42. The number of anilines is 1. The molecule has 6 nitrogen and oxygen atoms in total. The van der Waals surface area contributed by atoms with Gasteiger partial charge in [-0.1, -0.05) is 30.7 Å². The van der Waals surface area contributed by atoms with Gasteiger partial charge in [-0.15, -0.1) is 0 Å². The fourth-order valence-electron chi connectivity index (χ4n) is 4.03. The Hall–Kier alpha value is -2.31. The fraction of sp³-hybridized carbons (Fsp3) is 0.522. The minimum atomic E-state index is -0.655. The van der Waals surface area contributed by atoms with E-state index in [4.69, 9.17) is 0 Å². The highest BCUT2D eigenvalue weighted by Crippen LogP contribution is 2.34. The molecule has 1 aromatic rings. The molecule has 4 N–H and O–H groups in total. The van der Waals surface area contributed by atoms with Crippen LogP contribution in [0.15, 0.2) is 35.4 Å². The summed E-state index contributed by atoms with van der Waals surface area (Å²) in [5.41, 5.74) is 4.67. The van der Waals surface area contributed by atoms with Crippen molar-refractivity contribution in [1.29, 1.82) is 0 Å². The second-order valence-electron chi connectivity index (χ2n) is 7.99. The summed E-state index contributed by atoms with van der Waals surface area (Å²) in [6.45, 7) is 7.48. The lowest BCUT2D eigenvalue weighted by molar-refractivity contribution is 0.0862. The van der Waals surface area contributed by atoms with Gasteiger partial charge in [0.1, 0.15) is 0 Å². The van der Waals surface area contributed by atoms with Crippen LogP contribution in [0.2, 0.25) is 0 Å². The molecule has 2 aliphatic rings. The number of phenolic OH excluding ortho intramolecular Hbond substituents is 1. The van der Waals surface area contributed by atoms with Crippen LogP contribution in [0.3, 0.4) is 0 Å². The first kappa shape index (κ1) is 21.4. The highest BCUT2D eigenvalue weighted by molar-refractivity contribution is 5.99. The molecule has 0 fully saturated rings. The van der Waals surface area contributed by atoms with Crippen LogP contribution in [0.25, 0.3) is 0 Å². The number of carbonyl (C=O) groups is 1. The van der Waals surface area contributed by atoms with E-state index in [1.165, 1.54) is 11.1 Å². The van der Waals surface area contributed by atoms with Gasteiger partial charge in [-0.05, 0) is 49.8 Å². The Balaban J connectivity index is 1.51. The maximum atomic E-state index is 12.5.